The number of nitrogens with zero attached hydrogens (tertiary/aromatic N) is 1. The molecule has 0 fully saturated rings. The fourth-order valence-electron chi connectivity index (χ4n) is 1.32. The predicted octanol–water partition coefficient (Wildman–Crippen LogP) is 1.25. The molecule has 0 heterocycles. The van der Waals surface area contributed by atoms with Gasteiger partial charge < -0.3 is 16.0 Å². The fraction of sp³-hybridized carbons (Fsp3) is 0.846. The largest absolute Gasteiger partial charge is 0.357 e. The lowest BCUT2D eigenvalue weighted by molar-refractivity contribution is -0.121. The molecule has 0 spiro atoms. The smallest absolute Gasteiger partial charge is 0.222 e. The Balaban J connectivity index is 4.11. The quantitative estimate of drug-likeness (QED) is 0.474. The molecular formula is C13H28N4O. The van der Waals surface area contributed by atoms with Crippen molar-refractivity contribution in [3.8, 4) is 0 Å². The van der Waals surface area contributed by atoms with Gasteiger partial charge in [-0.15, -0.1) is 0 Å². The molecule has 0 aromatic carbocycles. The van der Waals surface area contributed by atoms with Crippen molar-refractivity contribution in [2.24, 2.45) is 4.99 Å². The van der Waals surface area contributed by atoms with Crippen molar-refractivity contribution >= 4 is 11.9 Å². The highest BCUT2D eigenvalue weighted by atomic mass is 16.1. The Kier molecular flexibility index (Phi) is 9.06. The predicted molar refractivity (Wildman–Crippen MR) is 76.8 cm³/mol. The monoisotopic (exact) mass is 256 g/mol. The lowest BCUT2D eigenvalue weighted by atomic mass is 10.3. The van der Waals surface area contributed by atoms with Crippen LogP contribution in [-0.2, 0) is 4.79 Å². The summed E-state index contributed by atoms with van der Waals surface area (Å²) in [6.07, 6.45) is 1.47. The maximum absolute atomic E-state index is 11.5. The Bertz CT molecular complexity index is 264. The molecule has 18 heavy (non-hydrogen) atoms. The highest BCUT2D eigenvalue weighted by molar-refractivity contribution is 5.81. The third-order valence-corrected chi connectivity index (χ3v) is 2.40. The van der Waals surface area contributed by atoms with E-state index in [1.165, 1.54) is 0 Å². The van der Waals surface area contributed by atoms with Gasteiger partial charge in [0.05, 0.1) is 6.54 Å². The molecular weight excluding hydrogens is 228 g/mol. The molecule has 5 heteroatoms. The van der Waals surface area contributed by atoms with E-state index in [1.54, 1.807) is 0 Å². The standard InChI is InChI=1S/C13H28N4O/c1-6-11(5)17-13(14-7-2)15-9-8-12(18)16-10(3)4/h10-11H,6-9H2,1-5H3,(H,16,18)(H2,14,15,17). The van der Waals surface area contributed by atoms with Crippen LogP contribution in [0.4, 0.5) is 0 Å². The summed E-state index contributed by atoms with van der Waals surface area (Å²) >= 11 is 0. The Morgan fingerprint density at radius 2 is 1.83 bits per heavy atom. The van der Waals surface area contributed by atoms with Crippen LogP contribution in [0.2, 0.25) is 0 Å². The second-order valence-corrected chi connectivity index (χ2v) is 4.69. The minimum Gasteiger partial charge on any atom is -0.357 e. The summed E-state index contributed by atoms with van der Waals surface area (Å²) in [6, 6.07) is 0.570. The summed E-state index contributed by atoms with van der Waals surface area (Å²) in [4.78, 5) is 15.8. The van der Waals surface area contributed by atoms with Crippen LogP contribution in [0.3, 0.4) is 0 Å². The van der Waals surface area contributed by atoms with Crippen LogP contribution in [-0.4, -0.2) is 37.0 Å². The van der Waals surface area contributed by atoms with Gasteiger partial charge in [-0.2, -0.15) is 0 Å². The van der Waals surface area contributed by atoms with E-state index in [2.05, 4.69) is 34.8 Å². The zero-order chi connectivity index (χ0) is 14.0. The number of amides is 1. The van der Waals surface area contributed by atoms with E-state index in [0.29, 0.717) is 19.0 Å². The van der Waals surface area contributed by atoms with Gasteiger partial charge >= 0.3 is 0 Å². The fourth-order valence-corrected chi connectivity index (χ4v) is 1.32. The van der Waals surface area contributed by atoms with E-state index in [1.807, 2.05) is 20.8 Å². The molecule has 0 bridgehead atoms. The summed E-state index contributed by atoms with van der Waals surface area (Å²) in [5.74, 6) is 0.831. The summed E-state index contributed by atoms with van der Waals surface area (Å²) in [5.41, 5.74) is 0. The topological polar surface area (TPSA) is 65.5 Å². The number of carbonyl (C=O) groups is 1. The van der Waals surface area contributed by atoms with Gasteiger partial charge in [-0.05, 0) is 34.1 Å². The van der Waals surface area contributed by atoms with Gasteiger partial charge in [0.1, 0.15) is 0 Å². The third-order valence-electron chi connectivity index (χ3n) is 2.40. The molecule has 0 saturated heterocycles. The van der Waals surface area contributed by atoms with Gasteiger partial charge in [0, 0.05) is 25.0 Å². The summed E-state index contributed by atoms with van der Waals surface area (Å²) < 4.78 is 0. The number of guanidine groups is 1. The van der Waals surface area contributed by atoms with Crippen LogP contribution in [0.25, 0.3) is 0 Å². The van der Waals surface area contributed by atoms with Crippen molar-refractivity contribution in [1.29, 1.82) is 0 Å². The first-order valence-electron chi connectivity index (χ1n) is 6.83. The van der Waals surface area contributed by atoms with E-state index < -0.39 is 0 Å². The molecule has 0 aromatic heterocycles. The minimum atomic E-state index is 0.0492. The van der Waals surface area contributed by atoms with Gasteiger partial charge in [-0.3, -0.25) is 9.79 Å². The lowest BCUT2D eigenvalue weighted by Crippen LogP contribution is -2.42. The molecule has 106 valence electrons. The van der Waals surface area contributed by atoms with Crippen molar-refractivity contribution in [3.05, 3.63) is 0 Å². The van der Waals surface area contributed by atoms with E-state index in [-0.39, 0.29) is 11.9 Å². The molecule has 5 nitrogen and oxygen atoms in total. The van der Waals surface area contributed by atoms with Crippen molar-refractivity contribution in [1.82, 2.24) is 16.0 Å². The molecule has 0 aromatic rings. The molecule has 0 saturated carbocycles. The minimum absolute atomic E-state index is 0.0492. The van der Waals surface area contributed by atoms with Crippen molar-refractivity contribution in [2.75, 3.05) is 13.1 Å². The first-order chi connectivity index (χ1) is 8.49. The van der Waals surface area contributed by atoms with E-state index >= 15 is 0 Å². The van der Waals surface area contributed by atoms with Crippen molar-refractivity contribution in [2.45, 2.75) is 59.5 Å². The molecule has 0 radical (unpaired) electrons. The van der Waals surface area contributed by atoms with Crippen molar-refractivity contribution in [3.63, 3.8) is 0 Å². The van der Waals surface area contributed by atoms with Crippen LogP contribution in [0.15, 0.2) is 4.99 Å². The van der Waals surface area contributed by atoms with E-state index in [4.69, 9.17) is 0 Å². The number of aliphatic imine (C=N–C) groups is 1. The summed E-state index contributed by atoms with van der Waals surface area (Å²) in [7, 11) is 0. The van der Waals surface area contributed by atoms with E-state index in [0.717, 1.165) is 18.9 Å². The lowest BCUT2D eigenvalue weighted by Gasteiger charge is -2.16. The maximum Gasteiger partial charge on any atom is 0.222 e. The zero-order valence-corrected chi connectivity index (χ0v) is 12.3. The highest BCUT2D eigenvalue weighted by Gasteiger charge is 2.04. The van der Waals surface area contributed by atoms with Crippen LogP contribution in [0, 0.1) is 0 Å². The van der Waals surface area contributed by atoms with E-state index in [9.17, 15) is 4.79 Å². The van der Waals surface area contributed by atoms with Gasteiger partial charge in [0.15, 0.2) is 5.96 Å². The Hall–Kier alpha value is -1.26. The number of nitrogens with one attached hydrogen (secondary N) is 3. The average molecular weight is 256 g/mol. The first kappa shape index (κ1) is 16.7. The van der Waals surface area contributed by atoms with Gasteiger partial charge in [0.2, 0.25) is 5.91 Å². The molecule has 1 unspecified atom stereocenters. The third kappa shape index (κ3) is 8.84. The molecule has 0 aliphatic heterocycles. The van der Waals surface area contributed by atoms with Gasteiger partial charge in [-0.1, -0.05) is 6.92 Å². The summed E-state index contributed by atoms with van der Waals surface area (Å²) in [6.45, 7) is 11.5. The Labute approximate surface area is 111 Å². The number of rotatable bonds is 7. The molecule has 1 amide bonds. The van der Waals surface area contributed by atoms with Crippen LogP contribution in [0.1, 0.15) is 47.5 Å². The van der Waals surface area contributed by atoms with Gasteiger partial charge in [-0.25, -0.2) is 0 Å². The number of hydrogen-bond acceptors (Lipinski definition) is 2. The van der Waals surface area contributed by atoms with Crippen LogP contribution in [0.5, 0.6) is 0 Å². The Morgan fingerprint density at radius 3 is 2.33 bits per heavy atom. The average Bonchev–Trinajstić information content (AvgIpc) is 2.28. The molecule has 1 atom stereocenters. The number of hydrogen-bond donors (Lipinski definition) is 3. The SMILES string of the molecule is CCNC(=NCCC(=O)NC(C)C)NC(C)CC. The number of carbonyl (C=O) groups excluding carboxylic acids is 1. The summed E-state index contributed by atoms with van der Waals surface area (Å²) in [5, 5.41) is 9.31. The maximum atomic E-state index is 11.5. The Morgan fingerprint density at radius 1 is 1.17 bits per heavy atom. The molecule has 3 N–H and O–H groups in total. The van der Waals surface area contributed by atoms with Crippen LogP contribution >= 0.6 is 0 Å². The molecule has 0 aliphatic rings. The zero-order valence-electron chi connectivity index (χ0n) is 12.3. The normalized spacial score (nSPS) is 13.3. The van der Waals surface area contributed by atoms with Gasteiger partial charge in [0.25, 0.3) is 0 Å². The second-order valence-electron chi connectivity index (χ2n) is 4.69. The van der Waals surface area contributed by atoms with Crippen molar-refractivity contribution < 1.29 is 4.79 Å². The molecule has 0 aliphatic carbocycles. The molecule has 0 rings (SSSR count). The first-order valence-corrected chi connectivity index (χ1v) is 6.83. The second kappa shape index (κ2) is 9.74. The highest BCUT2D eigenvalue weighted by Crippen LogP contribution is 1.89. The van der Waals surface area contributed by atoms with Crippen LogP contribution < -0.4 is 16.0 Å².